The molecule has 1 fully saturated rings. The second-order valence-corrected chi connectivity index (χ2v) is 5.10. The highest BCUT2D eigenvalue weighted by Gasteiger charge is 2.31. The molecule has 0 radical (unpaired) electrons. The molecule has 0 aromatic rings. The predicted molar refractivity (Wildman–Crippen MR) is 57.9 cm³/mol. The first kappa shape index (κ1) is 12.0. The van der Waals surface area contributed by atoms with Crippen LogP contribution in [0.4, 0.5) is 0 Å². The van der Waals surface area contributed by atoms with Crippen LogP contribution >= 0.6 is 0 Å². The highest BCUT2D eigenvalue weighted by Crippen LogP contribution is 2.35. The van der Waals surface area contributed by atoms with Gasteiger partial charge in [0.05, 0.1) is 6.10 Å². The molecular formula is C12H24O2. The quantitative estimate of drug-likeness (QED) is 0.710. The van der Waals surface area contributed by atoms with Crippen LogP contribution in [0.25, 0.3) is 0 Å². The molecule has 0 amide bonds. The van der Waals surface area contributed by atoms with E-state index in [4.69, 9.17) is 4.74 Å². The Morgan fingerprint density at radius 3 is 2.36 bits per heavy atom. The lowest BCUT2D eigenvalue weighted by atomic mass is 9.75. The van der Waals surface area contributed by atoms with Gasteiger partial charge in [-0.05, 0) is 37.5 Å². The van der Waals surface area contributed by atoms with Gasteiger partial charge in [0.25, 0.3) is 0 Å². The maximum Gasteiger partial charge on any atom is 0.152 e. The van der Waals surface area contributed by atoms with Crippen molar-refractivity contribution in [3.05, 3.63) is 0 Å². The number of ether oxygens (including phenoxy) is 1. The Kier molecular flexibility index (Phi) is 4.39. The molecule has 4 unspecified atom stereocenters. The van der Waals surface area contributed by atoms with Gasteiger partial charge >= 0.3 is 0 Å². The van der Waals surface area contributed by atoms with E-state index in [2.05, 4.69) is 20.8 Å². The molecule has 1 N–H and O–H groups in total. The van der Waals surface area contributed by atoms with Crippen LogP contribution in [0.2, 0.25) is 0 Å². The number of hydrogen-bond acceptors (Lipinski definition) is 2. The molecule has 1 aliphatic rings. The van der Waals surface area contributed by atoms with Gasteiger partial charge in [0.2, 0.25) is 0 Å². The third-order valence-electron chi connectivity index (χ3n) is 3.33. The topological polar surface area (TPSA) is 29.5 Å². The van der Waals surface area contributed by atoms with Gasteiger partial charge in [-0.2, -0.15) is 0 Å². The number of aliphatic hydroxyl groups is 1. The van der Waals surface area contributed by atoms with E-state index in [9.17, 15) is 5.11 Å². The second-order valence-electron chi connectivity index (χ2n) is 5.10. The molecular weight excluding hydrogens is 176 g/mol. The summed E-state index contributed by atoms with van der Waals surface area (Å²) in [6.45, 7) is 8.48. The SMILES string of the molecule is CC1CCC(C(C)C)C(OC(C)O)C1. The highest BCUT2D eigenvalue weighted by atomic mass is 16.6. The van der Waals surface area contributed by atoms with E-state index in [1.54, 1.807) is 6.92 Å². The number of hydrogen-bond donors (Lipinski definition) is 1. The van der Waals surface area contributed by atoms with E-state index in [-0.39, 0.29) is 6.10 Å². The van der Waals surface area contributed by atoms with Gasteiger partial charge in [0.15, 0.2) is 6.29 Å². The third kappa shape index (κ3) is 3.25. The smallest absolute Gasteiger partial charge is 0.152 e. The van der Waals surface area contributed by atoms with Crippen molar-refractivity contribution in [3.8, 4) is 0 Å². The van der Waals surface area contributed by atoms with E-state index in [0.717, 1.165) is 12.3 Å². The van der Waals surface area contributed by atoms with Crippen LogP contribution in [0.3, 0.4) is 0 Å². The van der Waals surface area contributed by atoms with Gasteiger partial charge in [0, 0.05) is 0 Å². The Hall–Kier alpha value is -0.0800. The predicted octanol–water partition coefficient (Wildman–Crippen LogP) is 2.80. The molecule has 0 heterocycles. The van der Waals surface area contributed by atoms with Crippen molar-refractivity contribution in [1.29, 1.82) is 0 Å². The van der Waals surface area contributed by atoms with E-state index in [1.807, 2.05) is 0 Å². The van der Waals surface area contributed by atoms with E-state index in [1.165, 1.54) is 12.8 Å². The molecule has 4 atom stereocenters. The van der Waals surface area contributed by atoms with Crippen molar-refractivity contribution in [3.63, 3.8) is 0 Å². The van der Waals surface area contributed by atoms with Crippen molar-refractivity contribution in [2.75, 3.05) is 0 Å². The van der Waals surface area contributed by atoms with Crippen molar-refractivity contribution >= 4 is 0 Å². The van der Waals surface area contributed by atoms with Crippen molar-refractivity contribution < 1.29 is 9.84 Å². The van der Waals surface area contributed by atoms with Gasteiger partial charge in [-0.15, -0.1) is 0 Å². The Bertz CT molecular complexity index is 164. The molecule has 0 aliphatic heterocycles. The van der Waals surface area contributed by atoms with Crippen molar-refractivity contribution in [2.45, 2.75) is 59.4 Å². The first-order chi connectivity index (χ1) is 6.50. The first-order valence-corrected chi connectivity index (χ1v) is 5.84. The van der Waals surface area contributed by atoms with Crippen LogP contribution in [-0.4, -0.2) is 17.5 Å². The molecule has 0 spiro atoms. The summed E-state index contributed by atoms with van der Waals surface area (Å²) in [6.07, 6.45) is 3.30. The highest BCUT2D eigenvalue weighted by molar-refractivity contribution is 4.81. The summed E-state index contributed by atoms with van der Waals surface area (Å²) in [5.74, 6) is 2.03. The zero-order valence-corrected chi connectivity index (χ0v) is 9.86. The standard InChI is InChI=1S/C12H24O2/c1-8(2)11-6-5-9(3)7-12(11)14-10(4)13/h8-13H,5-7H2,1-4H3. The molecule has 2 nitrogen and oxygen atoms in total. The zero-order chi connectivity index (χ0) is 10.7. The van der Waals surface area contributed by atoms with Gasteiger partial charge in [0.1, 0.15) is 0 Å². The number of aliphatic hydroxyl groups excluding tert-OH is 1. The summed E-state index contributed by atoms with van der Waals surface area (Å²) in [7, 11) is 0. The van der Waals surface area contributed by atoms with Crippen LogP contribution in [0.5, 0.6) is 0 Å². The minimum absolute atomic E-state index is 0.263. The van der Waals surface area contributed by atoms with Crippen molar-refractivity contribution in [2.24, 2.45) is 17.8 Å². The maximum absolute atomic E-state index is 9.27. The van der Waals surface area contributed by atoms with E-state index in [0.29, 0.717) is 11.8 Å². The van der Waals surface area contributed by atoms with Crippen LogP contribution in [0.1, 0.15) is 47.0 Å². The molecule has 0 aromatic heterocycles. The van der Waals surface area contributed by atoms with Gasteiger partial charge in [-0.25, -0.2) is 0 Å². The second kappa shape index (κ2) is 5.13. The molecule has 0 saturated heterocycles. The summed E-state index contributed by atoms with van der Waals surface area (Å²) < 4.78 is 5.59. The summed E-state index contributed by atoms with van der Waals surface area (Å²) in [5.41, 5.74) is 0. The molecule has 14 heavy (non-hydrogen) atoms. The average molecular weight is 200 g/mol. The van der Waals surface area contributed by atoms with E-state index < -0.39 is 6.29 Å². The first-order valence-electron chi connectivity index (χ1n) is 5.84. The summed E-state index contributed by atoms with van der Waals surface area (Å²) in [5, 5.41) is 9.27. The lowest BCUT2D eigenvalue weighted by molar-refractivity contribution is -0.158. The van der Waals surface area contributed by atoms with Gasteiger partial charge in [-0.1, -0.05) is 27.2 Å². The third-order valence-corrected chi connectivity index (χ3v) is 3.33. The summed E-state index contributed by atoms with van der Waals surface area (Å²) in [4.78, 5) is 0. The Morgan fingerprint density at radius 1 is 1.21 bits per heavy atom. The van der Waals surface area contributed by atoms with Crippen LogP contribution in [-0.2, 0) is 4.74 Å². The fourth-order valence-corrected chi connectivity index (χ4v) is 2.52. The van der Waals surface area contributed by atoms with Gasteiger partial charge < -0.3 is 9.84 Å². The minimum Gasteiger partial charge on any atom is -0.368 e. The Labute approximate surface area is 87.7 Å². The van der Waals surface area contributed by atoms with Crippen LogP contribution in [0, 0.1) is 17.8 Å². The van der Waals surface area contributed by atoms with Crippen LogP contribution in [0.15, 0.2) is 0 Å². The fraction of sp³-hybridized carbons (Fsp3) is 1.00. The fourth-order valence-electron chi connectivity index (χ4n) is 2.52. The lowest BCUT2D eigenvalue weighted by Gasteiger charge is -2.37. The Morgan fingerprint density at radius 2 is 1.86 bits per heavy atom. The normalized spacial score (nSPS) is 36.0. The Balaban J connectivity index is 2.54. The summed E-state index contributed by atoms with van der Waals surface area (Å²) >= 11 is 0. The zero-order valence-electron chi connectivity index (χ0n) is 9.86. The van der Waals surface area contributed by atoms with Gasteiger partial charge in [-0.3, -0.25) is 0 Å². The van der Waals surface area contributed by atoms with Crippen LogP contribution < -0.4 is 0 Å². The molecule has 2 heteroatoms. The molecule has 1 saturated carbocycles. The average Bonchev–Trinajstić information content (AvgIpc) is 2.01. The summed E-state index contributed by atoms with van der Waals surface area (Å²) in [6, 6.07) is 0. The lowest BCUT2D eigenvalue weighted by Crippen LogP contribution is -2.36. The molecule has 0 aromatic carbocycles. The monoisotopic (exact) mass is 200 g/mol. The largest absolute Gasteiger partial charge is 0.368 e. The molecule has 1 aliphatic carbocycles. The molecule has 84 valence electrons. The minimum atomic E-state index is -0.619. The number of rotatable bonds is 3. The van der Waals surface area contributed by atoms with Crippen molar-refractivity contribution in [1.82, 2.24) is 0 Å². The van der Waals surface area contributed by atoms with E-state index >= 15 is 0 Å². The molecule has 0 bridgehead atoms. The maximum atomic E-state index is 9.27. The molecule has 1 rings (SSSR count).